The van der Waals surface area contributed by atoms with E-state index in [0.29, 0.717) is 10.6 Å². The smallest absolute Gasteiger partial charge is 0.179 e. The second-order valence-electron chi connectivity index (χ2n) is 3.31. The van der Waals surface area contributed by atoms with Gasteiger partial charge in [-0.25, -0.2) is 8.42 Å². The fourth-order valence-corrected chi connectivity index (χ4v) is 3.38. The lowest BCUT2D eigenvalue weighted by Crippen LogP contribution is -2.09. The highest BCUT2D eigenvalue weighted by atomic mass is 32.2. The predicted molar refractivity (Wildman–Crippen MR) is 61.8 cm³/mol. The highest BCUT2D eigenvalue weighted by molar-refractivity contribution is 7.92. The lowest BCUT2D eigenvalue weighted by molar-refractivity contribution is 0.597. The van der Waals surface area contributed by atoms with Crippen LogP contribution in [-0.2, 0) is 9.84 Å². The molecule has 14 heavy (non-hydrogen) atoms. The van der Waals surface area contributed by atoms with Crippen molar-refractivity contribution in [3.8, 4) is 0 Å². The van der Waals surface area contributed by atoms with Crippen molar-refractivity contribution in [3.05, 3.63) is 29.3 Å². The summed E-state index contributed by atoms with van der Waals surface area (Å²) in [7, 11) is -3.13. The number of rotatable bonds is 3. The van der Waals surface area contributed by atoms with Gasteiger partial charge in [-0.1, -0.05) is 17.7 Å². The molecule has 0 aromatic heterocycles. The van der Waals surface area contributed by atoms with Gasteiger partial charge in [0.1, 0.15) is 0 Å². The van der Waals surface area contributed by atoms with Gasteiger partial charge in [-0.15, -0.1) is 0 Å². The molecule has 0 aliphatic carbocycles. The number of hydrogen-bond acceptors (Lipinski definition) is 3. The molecule has 0 amide bonds. The molecule has 0 aliphatic heterocycles. The van der Waals surface area contributed by atoms with Gasteiger partial charge < -0.3 is 0 Å². The molecule has 0 radical (unpaired) electrons. The fourth-order valence-electron chi connectivity index (χ4n) is 1.38. The normalized spacial score (nSPS) is 11.6. The molecule has 0 saturated carbocycles. The van der Waals surface area contributed by atoms with E-state index < -0.39 is 9.84 Å². The molecule has 0 atom stereocenters. The number of thiol groups is 1. The third-order valence-corrected chi connectivity index (χ3v) is 4.42. The van der Waals surface area contributed by atoms with Crippen molar-refractivity contribution in [1.82, 2.24) is 0 Å². The third-order valence-electron chi connectivity index (χ3n) is 2.03. The van der Waals surface area contributed by atoms with Gasteiger partial charge in [0, 0.05) is 5.75 Å². The van der Waals surface area contributed by atoms with Gasteiger partial charge in [0.15, 0.2) is 9.84 Å². The first kappa shape index (κ1) is 11.6. The average Bonchev–Trinajstić information content (AvgIpc) is 2.02. The van der Waals surface area contributed by atoms with Gasteiger partial charge >= 0.3 is 0 Å². The standard InChI is InChI=1S/C10H14O2S2/c1-8-3-4-10(9(2)7-8)14(11,12)6-5-13/h3-4,7,13H,5-6H2,1-2H3. The summed E-state index contributed by atoms with van der Waals surface area (Å²) in [6.45, 7) is 3.76. The summed E-state index contributed by atoms with van der Waals surface area (Å²) >= 11 is 3.94. The van der Waals surface area contributed by atoms with Crippen LogP contribution in [0.5, 0.6) is 0 Å². The molecular weight excluding hydrogens is 216 g/mol. The summed E-state index contributed by atoms with van der Waals surface area (Å²) < 4.78 is 23.4. The molecular formula is C10H14O2S2. The lowest BCUT2D eigenvalue weighted by Gasteiger charge is -2.06. The first-order valence-electron chi connectivity index (χ1n) is 4.38. The monoisotopic (exact) mass is 230 g/mol. The number of benzene rings is 1. The van der Waals surface area contributed by atoms with E-state index in [-0.39, 0.29) is 5.75 Å². The topological polar surface area (TPSA) is 34.1 Å². The summed E-state index contributed by atoms with van der Waals surface area (Å²) in [4.78, 5) is 0.428. The van der Waals surface area contributed by atoms with Crippen molar-refractivity contribution in [3.63, 3.8) is 0 Å². The Hall–Kier alpha value is -0.480. The van der Waals surface area contributed by atoms with E-state index in [1.807, 2.05) is 26.0 Å². The first-order chi connectivity index (χ1) is 6.47. The molecule has 4 heteroatoms. The molecule has 78 valence electrons. The second kappa shape index (κ2) is 4.36. The lowest BCUT2D eigenvalue weighted by atomic mass is 10.2. The number of hydrogen-bond donors (Lipinski definition) is 1. The summed E-state index contributed by atoms with van der Waals surface area (Å²) in [6.07, 6.45) is 0. The summed E-state index contributed by atoms with van der Waals surface area (Å²) in [5.74, 6) is 0.454. The van der Waals surface area contributed by atoms with Crippen molar-refractivity contribution in [2.75, 3.05) is 11.5 Å². The molecule has 0 fully saturated rings. The Kier molecular flexibility index (Phi) is 3.61. The highest BCUT2D eigenvalue weighted by Crippen LogP contribution is 2.17. The van der Waals surface area contributed by atoms with E-state index in [4.69, 9.17) is 0 Å². The summed E-state index contributed by atoms with van der Waals surface area (Å²) in [6, 6.07) is 5.37. The van der Waals surface area contributed by atoms with Crippen molar-refractivity contribution in [2.45, 2.75) is 18.7 Å². The van der Waals surface area contributed by atoms with Crippen LogP contribution in [0.4, 0.5) is 0 Å². The zero-order chi connectivity index (χ0) is 10.8. The minimum Gasteiger partial charge on any atom is -0.224 e. The molecule has 0 spiro atoms. The van der Waals surface area contributed by atoms with Gasteiger partial charge in [0.2, 0.25) is 0 Å². The Bertz CT molecular complexity index is 422. The molecule has 1 aromatic carbocycles. The van der Waals surface area contributed by atoms with Gasteiger partial charge in [-0.05, 0) is 25.5 Å². The predicted octanol–water partition coefficient (Wildman–Crippen LogP) is 2.01. The summed E-state index contributed by atoms with van der Waals surface area (Å²) in [5.41, 5.74) is 1.89. The zero-order valence-corrected chi connectivity index (χ0v) is 10.0. The van der Waals surface area contributed by atoms with Crippen molar-refractivity contribution < 1.29 is 8.42 Å². The van der Waals surface area contributed by atoms with Crippen LogP contribution in [0.15, 0.2) is 23.1 Å². The Morgan fingerprint density at radius 1 is 1.29 bits per heavy atom. The molecule has 2 nitrogen and oxygen atoms in total. The maximum Gasteiger partial charge on any atom is 0.179 e. The molecule has 0 heterocycles. The highest BCUT2D eigenvalue weighted by Gasteiger charge is 2.15. The molecule has 0 saturated heterocycles. The average molecular weight is 230 g/mol. The number of sulfone groups is 1. The van der Waals surface area contributed by atoms with Gasteiger partial charge in [-0.2, -0.15) is 12.6 Å². The minimum atomic E-state index is -3.13. The summed E-state index contributed by atoms with van der Waals surface area (Å²) in [5, 5.41) is 0. The first-order valence-corrected chi connectivity index (χ1v) is 6.67. The largest absolute Gasteiger partial charge is 0.224 e. The molecule has 0 aliphatic rings. The Balaban J connectivity index is 3.20. The quantitative estimate of drug-likeness (QED) is 0.806. The van der Waals surface area contributed by atoms with Gasteiger partial charge in [0.05, 0.1) is 10.6 Å². The second-order valence-corrected chi connectivity index (χ2v) is 5.84. The van der Waals surface area contributed by atoms with E-state index in [1.165, 1.54) is 0 Å². The van der Waals surface area contributed by atoms with Crippen LogP contribution in [0, 0.1) is 13.8 Å². The fraction of sp³-hybridized carbons (Fsp3) is 0.400. The molecule has 0 unspecified atom stereocenters. The molecule has 0 N–H and O–H groups in total. The van der Waals surface area contributed by atoms with Crippen LogP contribution in [0.1, 0.15) is 11.1 Å². The molecule has 1 rings (SSSR count). The Morgan fingerprint density at radius 3 is 2.43 bits per heavy atom. The minimum absolute atomic E-state index is 0.0972. The van der Waals surface area contributed by atoms with E-state index in [0.717, 1.165) is 11.1 Å². The SMILES string of the molecule is Cc1ccc(S(=O)(=O)CCS)c(C)c1. The molecule has 0 bridgehead atoms. The van der Waals surface area contributed by atoms with Crippen LogP contribution in [-0.4, -0.2) is 19.9 Å². The van der Waals surface area contributed by atoms with Crippen molar-refractivity contribution >= 4 is 22.5 Å². The van der Waals surface area contributed by atoms with E-state index in [2.05, 4.69) is 12.6 Å². The van der Waals surface area contributed by atoms with Crippen LogP contribution in [0.2, 0.25) is 0 Å². The molecule has 1 aromatic rings. The maximum atomic E-state index is 11.7. The van der Waals surface area contributed by atoms with E-state index >= 15 is 0 Å². The van der Waals surface area contributed by atoms with Crippen molar-refractivity contribution in [2.24, 2.45) is 0 Å². The van der Waals surface area contributed by atoms with Gasteiger partial charge in [-0.3, -0.25) is 0 Å². The zero-order valence-electron chi connectivity index (χ0n) is 8.32. The number of aryl methyl sites for hydroxylation is 2. The van der Waals surface area contributed by atoms with Crippen LogP contribution < -0.4 is 0 Å². The van der Waals surface area contributed by atoms with E-state index in [1.54, 1.807) is 6.07 Å². The Labute approximate surface area is 90.7 Å². The van der Waals surface area contributed by atoms with Gasteiger partial charge in [0.25, 0.3) is 0 Å². The third kappa shape index (κ3) is 2.51. The van der Waals surface area contributed by atoms with Crippen LogP contribution in [0.25, 0.3) is 0 Å². The Morgan fingerprint density at radius 2 is 1.93 bits per heavy atom. The van der Waals surface area contributed by atoms with Crippen LogP contribution in [0.3, 0.4) is 0 Å². The van der Waals surface area contributed by atoms with Crippen LogP contribution >= 0.6 is 12.6 Å². The van der Waals surface area contributed by atoms with Crippen molar-refractivity contribution in [1.29, 1.82) is 0 Å². The maximum absolute atomic E-state index is 11.7. The van der Waals surface area contributed by atoms with E-state index in [9.17, 15) is 8.42 Å².